The summed E-state index contributed by atoms with van der Waals surface area (Å²) in [5.74, 6) is -1.87. The number of halogens is 5. The van der Waals surface area contributed by atoms with Crippen molar-refractivity contribution in [3.05, 3.63) is 116 Å². The summed E-state index contributed by atoms with van der Waals surface area (Å²) in [6.45, 7) is 3.32. The van der Waals surface area contributed by atoms with Crippen molar-refractivity contribution in [3.8, 4) is 22.6 Å². The summed E-state index contributed by atoms with van der Waals surface area (Å²) < 4.78 is 79.7. The molecule has 44 heavy (non-hydrogen) atoms. The molecule has 0 radical (unpaired) electrons. The number of likely N-dealkylation sites (N-methyl/N-ethyl adjacent to an activating group) is 1. The van der Waals surface area contributed by atoms with Gasteiger partial charge in [-0.3, -0.25) is 14.2 Å². The van der Waals surface area contributed by atoms with Crippen LogP contribution in [0.4, 0.5) is 22.0 Å². The predicted molar refractivity (Wildman–Crippen MR) is 156 cm³/mol. The summed E-state index contributed by atoms with van der Waals surface area (Å²) in [6.07, 6.45) is -3.98. The normalized spacial score (nSPS) is 15.0. The van der Waals surface area contributed by atoms with Gasteiger partial charge in [-0.2, -0.15) is 13.2 Å². The maximum atomic E-state index is 15.5. The van der Waals surface area contributed by atoms with Gasteiger partial charge in [-0.15, -0.1) is 0 Å². The molecule has 2 heterocycles. The topological polar surface area (TPSA) is 63.6 Å². The molecule has 3 aromatic carbocycles. The number of hydrogen-bond acceptors (Lipinski definition) is 4. The minimum absolute atomic E-state index is 0.102. The maximum Gasteiger partial charge on any atom is 0.416 e. The summed E-state index contributed by atoms with van der Waals surface area (Å²) in [5.41, 5.74) is -0.304. The average Bonchev–Trinajstić information content (AvgIpc) is 2.95. The molecule has 6 nitrogen and oxygen atoms in total. The summed E-state index contributed by atoms with van der Waals surface area (Å²) in [4.78, 5) is 28.8. The standard InChI is InChI=1S/C33H30F5N3O3/c1-18-6-5-7-27-29(18)21-12-19(2)30(35)22(13-21)16-39-32(43)31(24-14-23(44-27)8-9-26(24)34)41-17-20(10-11-40(3)4)25(15-28(41)42)33(36,37)38/h5-9,12-15,17,31H,10-11,16H2,1-4H3,(H,39,43)/t31-/m0/s1. The quantitative estimate of drug-likeness (QED) is 0.266. The Morgan fingerprint density at radius 2 is 1.75 bits per heavy atom. The number of carbonyl (C=O) groups excluding carboxylic acids is 1. The van der Waals surface area contributed by atoms with Gasteiger partial charge in [0.05, 0.1) is 5.56 Å². The number of nitrogens with zero attached hydrogens (tertiary/aromatic N) is 2. The number of amides is 1. The Labute approximate surface area is 250 Å². The van der Waals surface area contributed by atoms with Gasteiger partial charge in [-0.1, -0.05) is 12.1 Å². The van der Waals surface area contributed by atoms with E-state index in [2.05, 4.69) is 5.32 Å². The van der Waals surface area contributed by atoms with Crippen molar-refractivity contribution in [1.29, 1.82) is 0 Å². The van der Waals surface area contributed by atoms with Crippen molar-refractivity contribution in [2.75, 3.05) is 20.6 Å². The van der Waals surface area contributed by atoms with Gasteiger partial charge in [0.15, 0.2) is 0 Å². The number of nitrogens with one attached hydrogen (secondary N) is 1. The SMILES string of the molecule is Cc1cc2cc(c1F)CNC(=O)[C@@H](n1cc(CCN(C)C)c(C(F)(F)F)cc1=O)c1cc(ccc1F)Oc1cccc(C)c1-2. The van der Waals surface area contributed by atoms with Crippen LogP contribution in [0.2, 0.25) is 0 Å². The van der Waals surface area contributed by atoms with E-state index in [0.29, 0.717) is 28.5 Å². The lowest BCUT2D eigenvalue weighted by molar-refractivity contribution is -0.138. The van der Waals surface area contributed by atoms with Crippen LogP contribution in [0.25, 0.3) is 11.1 Å². The summed E-state index contributed by atoms with van der Waals surface area (Å²) in [6, 6.07) is 10.9. The Kier molecular flexibility index (Phi) is 8.35. The number of benzene rings is 3. The largest absolute Gasteiger partial charge is 0.457 e. The summed E-state index contributed by atoms with van der Waals surface area (Å²) >= 11 is 0. The number of rotatable bonds is 4. The van der Waals surface area contributed by atoms with Gasteiger partial charge in [0.25, 0.3) is 5.56 Å². The number of aryl methyl sites for hydroxylation is 2. The van der Waals surface area contributed by atoms with Crippen LogP contribution in [0.1, 0.15) is 39.4 Å². The summed E-state index contributed by atoms with van der Waals surface area (Å²) in [7, 11) is 3.37. The third-order valence-electron chi connectivity index (χ3n) is 7.62. The first-order valence-electron chi connectivity index (χ1n) is 13.9. The molecule has 5 rings (SSSR count). The zero-order valence-electron chi connectivity index (χ0n) is 24.5. The van der Waals surface area contributed by atoms with Crippen LogP contribution in [0.3, 0.4) is 0 Å². The fourth-order valence-electron chi connectivity index (χ4n) is 5.43. The Bertz CT molecular complexity index is 1810. The minimum atomic E-state index is -4.84. The fourth-order valence-corrected chi connectivity index (χ4v) is 5.43. The molecule has 230 valence electrons. The zero-order valence-corrected chi connectivity index (χ0v) is 24.5. The highest BCUT2D eigenvalue weighted by Crippen LogP contribution is 2.39. The Balaban J connectivity index is 1.75. The zero-order chi connectivity index (χ0) is 31.9. The van der Waals surface area contributed by atoms with Crippen LogP contribution in [-0.2, 0) is 23.9 Å². The Morgan fingerprint density at radius 1 is 1.00 bits per heavy atom. The van der Waals surface area contributed by atoms with E-state index < -0.39 is 40.9 Å². The van der Waals surface area contributed by atoms with Gasteiger partial charge in [0, 0.05) is 42.0 Å². The van der Waals surface area contributed by atoms with Crippen LogP contribution in [-0.4, -0.2) is 36.0 Å². The highest BCUT2D eigenvalue weighted by molar-refractivity contribution is 5.84. The molecule has 0 fully saturated rings. The highest BCUT2D eigenvalue weighted by atomic mass is 19.4. The number of alkyl halides is 3. The molecule has 1 N–H and O–H groups in total. The van der Waals surface area contributed by atoms with Crippen molar-refractivity contribution in [2.24, 2.45) is 0 Å². The number of hydrogen-bond donors (Lipinski definition) is 1. The lowest BCUT2D eigenvalue weighted by atomic mass is 9.95. The number of aromatic nitrogens is 1. The number of carbonyl (C=O) groups is 1. The first-order valence-corrected chi connectivity index (χ1v) is 13.9. The van der Waals surface area contributed by atoms with E-state index in [1.165, 1.54) is 12.1 Å². The number of ether oxygens (including phenoxy) is 1. The molecule has 1 amide bonds. The second-order valence-electron chi connectivity index (χ2n) is 11.1. The van der Waals surface area contributed by atoms with Crippen molar-refractivity contribution >= 4 is 5.91 Å². The predicted octanol–water partition coefficient (Wildman–Crippen LogP) is 6.54. The fraction of sp³-hybridized carbons (Fsp3) is 0.273. The Hall–Kier alpha value is -4.51. The molecule has 1 aliphatic rings. The minimum Gasteiger partial charge on any atom is -0.457 e. The van der Waals surface area contributed by atoms with Gasteiger partial charge >= 0.3 is 6.18 Å². The third-order valence-corrected chi connectivity index (χ3v) is 7.62. The van der Waals surface area contributed by atoms with E-state index in [0.717, 1.165) is 22.4 Å². The van der Waals surface area contributed by atoms with Crippen molar-refractivity contribution in [3.63, 3.8) is 0 Å². The molecular formula is C33H30F5N3O3. The van der Waals surface area contributed by atoms with Gasteiger partial charge in [-0.25, -0.2) is 8.78 Å². The van der Waals surface area contributed by atoms with E-state index in [-0.39, 0.29) is 42.0 Å². The summed E-state index contributed by atoms with van der Waals surface area (Å²) in [5, 5.41) is 2.59. The molecule has 11 heteroatoms. The second kappa shape index (κ2) is 11.9. The van der Waals surface area contributed by atoms with Crippen LogP contribution in [0, 0.1) is 25.5 Å². The van der Waals surface area contributed by atoms with E-state index in [9.17, 15) is 22.8 Å². The molecule has 4 bridgehead atoms. The number of fused-ring (bicyclic) bond motifs is 6. The second-order valence-corrected chi connectivity index (χ2v) is 11.1. The first-order chi connectivity index (χ1) is 20.7. The monoisotopic (exact) mass is 611 g/mol. The van der Waals surface area contributed by atoms with Gasteiger partial charge in [-0.05, 0) is 93.0 Å². The van der Waals surface area contributed by atoms with Gasteiger partial charge in [0.2, 0.25) is 5.91 Å². The van der Waals surface area contributed by atoms with Gasteiger partial charge < -0.3 is 15.0 Å². The first kappa shape index (κ1) is 30.9. The number of pyridine rings is 1. The average molecular weight is 612 g/mol. The lowest BCUT2D eigenvalue weighted by Crippen LogP contribution is -2.39. The van der Waals surface area contributed by atoms with Gasteiger partial charge in [0.1, 0.15) is 29.2 Å². The molecule has 0 unspecified atom stereocenters. The van der Waals surface area contributed by atoms with Crippen LogP contribution >= 0.6 is 0 Å². The van der Waals surface area contributed by atoms with Crippen LogP contribution < -0.4 is 15.6 Å². The highest BCUT2D eigenvalue weighted by Gasteiger charge is 2.36. The lowest BCUT2D eigenvalue weighted by Gasteiger charge is -2.24. The molecular weight excluding hydrogens is 581 g/mol. The molecule has 1 aliphatic heterocycles. The van der Waals surface area contributed by atoms with Crippen LogP contribution in [0.15, 0.2) is 65.6 Å². The van der Waals surface area contributed by atoms with Crippen molar-refractivity contribution in [1.82, 2.24) is 14.8 Å². The van der Waals surface area contributed by atoms with Crippen molar-refractivity contribution < 1.29 is 31.5 Å². The smallest absolute Gasteiger partial charge is 0.416 e. The third kappa shape index (κ3) is 6.10. The van der Waals surface area contributed by atoms with E-state index in [4.69, 9.17) is 4.74 Å². The molecule has 0 aliphatic carbocycles. The molecule has 4 aromatic rings. The Morgan fingerprint density at radius 3 is 2.45 bits per heavy atom. The molecule has 1 aromatic heterocycles. The van der Waals surface area contributed by atoms with Crippen molar-refractivity contribution in [2.45, 2.75) is 39.0 Å². The maximum absolute atomic E-state index is 15.5. The molecule has 0 spiro atoms. The molecule has 0 saturated heterocycles. The molecule has 0 saturated carbocycles. The van der Waals surface area contributed by atoms with E-state index in [1.807, 2.05) is 13.0 Å². The van der Waals surface area contributed by atoms with E-state index in [1.54, 1.807) is 50.2 Å². The van der Waals surface area contributed by atoms with Crippen LogP contribution in [0.5, 0.6) is 11.5 Å². The molecule has 1 atom stereocenters. The van der Waals surface area contributed by atoms with E-state index >= 15 is 8.78 Å².